The van der Waals surface area contributed by atoms with Gasteiger partial charge >= 0.3 is 0 Å². The van der Waals surface area contributed by atoms with Crippen molar-refractivity contribution in [3.05, 3.63) is 29.8 Å². The van der Waals surface area contributed by atoms with Gasteiger partial charge in [0, 0.05) is 11.6 Å². The molecule has 0 aliphatic carbocycles. The molecule has 0 aromatic heterocycles. The number of ether oxygens (including phenoxy) is 2. The predicted octanol–water partition coefficient (Wildman–Crippen LogP) is 1.50. The van der Waals surface area contributed by atoms with E-state index in [-0.39, 0.29) is 23.9 Å². The largest absolute Gasteiger partial charge is 0.496 e. The zero-order valence-corrected chi connectivity index (χ0v) is 12.9. The Morgan fingerprint density at radius 1 is 1.43 bits per heavy atom. The van der Waals surface area contributed by atoms with Crippen LogP contribution >= 0.6 is 0 Å². The Morgan fingerprint density at radius 3 is 2.86 bits per heavy atom. The second-order valence-electron chi connectivity index (χ2n) is 5.25. The Labute approximate surface area is 126 Å². The molecule has 1 saturated heterocycles. The molecule has 0 spiro atoms. The van der Waals surface area contributed by atoms with Crippen LogP contribution in [0.3, 0.4) is 0 Å². The average molecular weight is 292 g/mol. The van der Waals surface area contributed by atoms with Crippen LogP contribution in [0.1, 0.15) is 24.9 Å². The van der Waals surface area contributed by atoms with Crippen LogP contribution in [0.5, 0.6) is 5.75 Å². The molecule has 1 aliphatic rings. The molecule has 5 nitrogen and oxygen atoms in total. The van der Waals surface area contributed by atoms with E-state index in [0.29, 0.717) is 13.2 Å². The van der Waals surface area contributed by atoms with Crippen molar-refractivity contribution in [3.63, 3.8) is 0 Å². The monoisotopic (exact) mass is 292 g/mol. The maximum atomic E-state index is 12.5. The molecular formula is C16H24N2O3. The molecule has 2 rings (SSSR count). The van der Waals surface area contributed by atoms with E-state index in [2.05, 4.69) is 17.6 Å². The lowest BCUT2D eigenvalue weighted by molar-refractivity contribution is -0.126. The van der Waals surface area contributed by atoms with Crippen LogP contribution < -0.4 is 15.4 Å². The maximum absolute atomic E-state index is 12.5. The smallest absolute Gasteiger partial charge is 0.227 e. The fraction of sp³-hybridized carbons (Fsp3) is 0.562. The Kier molecular flexibility index (Phi) is 5.59. The molecule has 0 radical (unpaired) electrons. The van der Waals surface area contributed by atoms with Crippen LogP contribution in [-0.2, 0) is 9.53 Å². The Morgan fingerprint density at radius 2 is 2.19 bits per heavy atom. The molecule has 1 amide bonds. The first kappa shape index (κ1) is 15.8. The van der Waals surface area contributed by atoms with Gasteiger partial charge in [-0.2, -0.15) is 0 Å². The summed E-state index contributed by atoms with van der Waals surface area (Å²) < 4.78 is 10.8. The van der Waals surface area contributed by atoms with Crippen molar-refractivity contribution in [2.24, 2.45) is 5.92 Å². The van der Waals surface area contributed by atoms with Gasteiger partial charge in [0.05, 0.1) is 32.3 Å². The van der Waals surface area contributed by atoms with Crippen molar-refractivity contribution in [2.75, 3.05) is 27.4 Å². The van der Waals surface area contributed by atoms with Crippen molar-refractivity contribution < 1.29 is 14.3 Å². The normalized spacial score (nSPS) is 22.8. The summed E-state index contributed by atoms with van der Waals surface area (Å²) in [7, 11) is 3.51. The van der Waals surface area contributed by atoms with Gasteiger partial charge in [0.15, 0.2) is 0 Å². The molecular weight excluding hydrogens is 268 g/mol. The van der Waals surface area contributed by atoms with Crippen LogP contribution in [0.2, 0.25) is 0 Å². The molecule has 1 fully saturated rings. The van der Waals surface area contributed by atoms with E-state index in [0.717, 1.165) is 17.7 Å². The summed E-state index contributed by atoms with van der Waals surface area (Å²) in [5.74, 6) is 0.695. The number of hydrogen-bond donors (Lipinski definition) is 2. The molecule has 3 atom stereocenters. The van der Waals surface area contributed by atoms with E-state index in [1.807, 2.05) is 31.3 Å². The molecule has 0 bridgehead atoms. The van der Waals surface area contributed by atoms with Gasteiger partial charge in [0.2, 0.25) is 5.91 Å². The average Bonchev–Trinajstić information content (AvgIpc) is 3.01. The van der Waals surface area contributed by atoms with Gasteiger partial charge < -0.3 is 20.1 Å². The molecule has 21 heavy (non-hydrogen) atoms. The Balaban J connectivity index is 2.10. The van der Waals surface area contributed by atoms with Gasteiger partial charge in [-0.15, -0.1) is 0 Å². The van der Waals surface area contributed by atoms with E-state index in [1.165, 1.54) is 0 Å². The van der Waals surface area contributed by atoms with Crippen LogP contribution in [0, 0.1) is 5.92 Å². The lowest BCUT2D eigenvalue weighted by atomic mass is 9.99. The topological polar surface area (TPSA) is 59.6 Å². The van der Waals surface area contributed by atoms with Crippen LogP contribution in [-0.4, -0.2) is 39.3 Å². The van der Waals surface area contributed by atoms with E-state index in [9.17, 15) is 4.79 Å². The van der Waals surface area contributed by atoms with E-state index in [1.54, 1.807) is 7.11 Å². The van der Waals surface area contributed by atoms with E-state index in [4.69, 9.17) is 9.47 Å². The summed E-state index contributed by atoms with van der Waals surface area (Å²) in [6.07, 6.45) is 0.809. The Bertz CT molecular complexity index is 478. The number of nitrogens with one attached hydrogen (secondary N) is 2. The summed E-state index contributed by atoms with van der Waals surface area (Å²) in [4.78, 5) is 12.5. The summed E-state index contributed by atoms with van der Waals surface area (Å²) in [5.41, 5.74) is 1.01. The molecule has 1 aliphatic heterocycles. The second-order valence-corrected chi connectivity index (χ2v) is 5.25. The number of hydrogen-bond acceptors (Lipinski definition) is 4. The quantitative estimate of drug-likeness (QED) is 0.834. The first-order chi connectivity index (χ1) is 10.2. The van der Waals surface area contributed by atoms with Crippen molar-refractivity contribution in [1.82, 2.24) is 10.6 Å². The highest BCUT2D eigenvalue weighted by Gasteiger charge is 2.34. The highest BCUT2D eigenvalue weighted by molar-refractivity contribution is 5.80. The lowest BCUT2D eigenvalue weighted by Gasteiger charge is -2.23. The van der Waals surface area contributed by atoms with Gasteiger partial charge in [-0.3, -0.25) is 4.79 Å². The van der Waals surface area contributed by atoms with Gasteiger partial charge in [0.1, 0.15) is 5.75 Å². The lowest BCUT2D eigenvalue weighted by Crippen LogP contribution is -2.43. The van der Waals surface area contributed by atoms with Gasteiger partial charge in [-0.25, -0.2) is 0 Å². The first-order valence-corrected chi connectivity index (χ1v) is 7.39. The maximum Gasteiger partial charge on any atom is 0.227 e. The number of likely N-dealkylation sites (N-methyl/N-ethyl adjacent to an activating group) is 1. The molecule has 2 N–H and O–H groups in total. The van der Waals surface area contributed by atoms with E-state index < -0.39 is 0 Å². The standard InChI is InChI=1S/C16H24N2O3/c1-4-13(11-7-5-6-8-15(11)20-3)18-16(19)12-9-21-10-14(12)17-2/h5-8,12-14,17H,4,9-10H2,1-3H3,(H,18,19). The number of benzene rings is 1. The zero-order valence-electron chi connectivity index (χ0n) is 12.9. The highest BCUT2D eigenvalue weighted by atomic mass is 16.5. The van der Waals surface area contributed by atoms with Crippen LogP contribution in [0.25, 0.3) is 0 Å². The molecule has 5 heteroatoms. The van der Waals surface area contributed by atoms with Crippen LogP contribution in [0.4, 0.5) is 0 Å². The van der Waals surface area contributed by atoms with Gasteiger partial charge in [-0.1, -0.05) is 25.1 Å². The van der Waals surface area contributed by atoms with Crippen molar-refractivity contribution in [1.29, 1.82) is 0 Å². The molecule has 1 aromatic rings. The number of rotatable bonds is 6. The molecule has 1 heterocycles. The molecule has 116 valence electrons. The number of carbonyl (C=O) groups excluding carboxylic acids is 1. The summed E-state index contributed by atoms with van der Waals surface area (Å²) in [6.45, 7) is 3.11. The van der Waals surface area contributed by atoms with Crippen molar-refractivity contribution in [2.45, 2.75) is 25.4 Å². The van der Waals surface area contributed by atoms with Crippen molar-refractivity contribution in [3.8, 4) is 5.75 Å². The summed E-state index contributed by atoms with van der Waals surface area (Å²) >= 11 is 0. The van der Waals surface area contributed by atoms with Crippen molar-refractivity contribution >= 4 is 5.91 Å². The minimum Gasteiger partial charge on any atom is -0.496 e. The third-order valence-electron chi connectivity index (χ3n) is 4.03. The Hall–Kier alpha value is -1.59. The third kappa shape index (κ3) is 3.54. The summed E-state index contributed by atoms with van der Waals surface area (Å²) in [6, 6.07) is 7.83. The number of methoxy groups -OCH3 is 1. The molecule has 1 aromatic carbocycles. The van der Waals surface area contributed by atoms with Gasteiger partial charge in [-0.05, 0) is 19.5 Å². The number of carbonyl (C=O) groups is 1. The fourth-order valence-corrected chi connectivity index (χ4v) is 2.73. The fourth-order valence-electron chi connectivity index (χ4n) is 2.73. The molecule has 0 saturated carbocycles. The SMILES string of the molecule is CCC(NC(=O)C1COCC1NC)c1ccccc1OC. The van der Waals surface area contributed by atoms with E-state index >= 15 is 0 Å². The minimum atomic E-state index is -0.140. The summed E-state index contributed by atoms with van der Waals surface area (Å²) in [5, 5.41) is 6.26. The van der Waals surface area contributed by atoms with Crippen LogP contribution in [0.15, 0.2) is 24.3 Å². The second kappa shape index (κ2) is 7.43. The highest BCUT2D eigenvalue weighted by Crippen LogP contribution is 2.27. The first-order valence-electron chi connectivity index (χ1n) is 7.39. The third-order valence-corrected chi connectivity index (χ3v) is 4.03. The van der Waals surface area contributed by atoms with Gasteiger partial charge in [0.25, 0.3) is 0 Å². The molecule has 3 unspecified atom stereocenters. The minimum absolute atomic E-state index is 0.0320. The number of amides is 1. The zero-order chi connectivity index (χ0) is 15.2. The number of para-hydroxylation sites is 1. The predicted molar refractivity (Wildman–Crippen MR) is 81.3 cm³/mol.